The summed E-state index contributed by atoms with van der Waals surface area (Å²) >= 11 is 0. The summed E-state index contributed by atoms with van der Waals surface area (Å²) in [5.41, 5.74) is 0.368. The van der Waals surface area contributed by atoms with Crippen LogP contribution in [0, 0.1) is 19.8 Å². The Hall–Kier alpha value is -1.41. The number of hydrogen-bond acceptors (Lipinski definition) is 5. The maximum absolute atomic E-state index is 12.5. The highest BCUT2D eigenvalue weighted by Gasteiger charge is 2.33. The molecule has 1 aliphatic carbocycles. The maximum atomic E-state index is 12.5. The second-order valence-corrected chi connectivity index (χ2v) is 8.15. The summed E-state index contributed by atoms with van der Waals surface area (Å²) in [7, 11) is -3.64. The number of hydrogen-bond donors (Lipinski definition) is 1. The van der Waals surface area contributed by atoms with Crippen molar-refractivity contribution >= 4 is 15.9 Å². The number of nitrogens with zero attached hydrogens (tertiary/aromatic N) is 2. The van der Waals surface area contributed by atoms with Crippen LogP contribution in [-0.2, 0) is 14.8 Å². The molecule has 1 amide bonds. The van der Waals surface area contributed by atoms with E-state index >= 15 is 0 Å². The van der Waals surface area contributed by atoms with E-state index in [0.29, 0.717) is 37.4 Å². The van der Waals surface area contributed by atoms with Crippen molar-refractivity contribution in [2.24, 2.45) is 5.92 Å². The van der Waals surface area contributed by atoms with Gasteiger partial charge in [-0.3, -0.25) is 4.79 Å². The quantitative estimate of drug-likeness (QED) is 0.893. The van der Waals surface area contributed by atoms with Crippen LogP contribution in [-0.4, -0.2) is 43.5 Å². The zero-order valence-electron chi connectivity index (χ0n) is 13.5. The maximum Gasteiger partial charge on any atom is 0.246 e. The minimum absolute atomic E-state index is 0.130. The number of rotatable bonds is 4. The van der Waals surface area contributed by atoms with Gasteiger partial charge in [-0.25, -0.2) is 13.1 Å². The Balaban J connectivity index is 1.59. The van der Waals surface area contributed by atoms with E-state index < -0.39 is 10.0 Å². The van der Waals surface area contributed by atoms with Gasteiger partial charge in [0.05, 0.1) is 0 Å². The average molecular weight is 341 g/mol. The number of likely N-dealkylation sites (tertiary alicyclic amines) is 1. The van der Waals surface area contributed by atoms with Gasteiger partial charge < -0.3 is 9.42 Å². The molecule has 0 aromatic carbocycles. The molecule has 8 heteroatoms. The van der Waals surface area contributed by atoms with E-state index in [1.54, 1.807) is 13.8 Å². The molecule has 3 rings (SSSR count). The number of aryl methyl sites for hydroxylation is 2. The summed E-state index contributed by atoms with van der Waals surface area (Å²) in [6.07, 6.45) is 4.42. The minimum atomic E-state index is -3.64. The lowest BCUT2D eigenvalue weighted by molar-refractivity contribution is -0.139. The lowest BCUT2D eigenvalue weighted by atomic mass is 9.84. The van der Waals surface area contributed by atoms with Crippen LogP contribution in [0.15, 0.2) is 9.42 Å². The van der Waals surface area contributed by atoms with Crippen LogP contribution in [0.2, 0.25) is 0 Å². The predicted molar refractivity (Wildman–Crippen MR) is 83.2 cm³/mol. The number of piperidine rings is 1. The zero-order chi connectivity index (χ0) is 16.6. The van der Waals surface area contributed by atoms with Crippen LogP contribution in [0.25, 0.3) is 0 Å². The SMILES string of the molecule is Cc1noc(C)c1S(=O)(=O)NC1CCN(C(=O)C2CCC2)CC1. The van der Waals surface area contributed by atoms with Crippen molar-refractivity contribution in [1.29, 1.82) is 0 Å². The first-order valence-corrected chi connectivity index (χ1v) is 9.61. The molecule has 2 fully saturated rings. The average Bonchev–Trinajstić information content (AvgIpc) is 2.77. The molecule has 7 nitrogen and oxygen atoms in total. The topological polar surface area (TPSA) is 92.5 Å². The molecular weight excluding hydrogens is 318 g/mol. The van der Waals surface area contributed by atoms with Crippen molar-refractivity contribution in [1.82, 2.24) is 14.8 Å². The van der Waals surface area contributed by atoms with Gasteiger partial charge in [-0.05, 0) is 39.5 Å². The van der Waals surface area contributed by atoms with Crippen molar-refractivity contribution < 1.29 is 17.7 Å². The van der Waals surface area contributed by atoms with Crippen molar-refractivity contribution in [3.63, 3.8) is 0 Å². The highest BCUT2D eigenvalue weighted by Crippen LogP contribution is 2.29. The summed E-state index contributed by atoms with van der Waals surface area (Å²) in [5.74, 6) is 0.737. The molecule has 0 unspecified atom stereocenters. The van der Waals surface area contributed by atoms with Crippen LogP contribution in [0.4, 0.5) is 0 Å². The third-order valence-corrected chi connectivity index (χ3v) is 6.58. The number of sulfonamides is 1. The third-order valence-electron chi connectivity index (χ3n) is 4.82. The van der Waals surface area contributed by atoms with Gasteiger partial charge in [0.15, 0.2) is 5.76 Å². The molecule has 2 aliphatic rings. The Bertz CT molecular complexity index is 666. The molecule has 1 aromatic heterocycles. The van der Waals surface area contributed by atoms with Gasteiger partial charge >= 0.3 is 0 Å². The van der Waals surface area contributed by atoms with E-state index in [1.165, 1.54) is 0 Å². The molecule has 0 atom stereocenters. The summed E-state index contributed by atoms with van der Waals surface area (Å²) < 4.78 is 32.7. The smallest absolute Gasteiger partial charge is 0.246 e. The fourth-order valence-corrected chi connectivity index (χ4v) is 4.90. The van der Waals surface area contributed by atoms with Gasteiger partial charge in [-0.15, -0.1) is 0 Å². The molecule has 23 heavy (non-hydrogen) atoms. The first-order valence-electron chi connectivity index (χ1n) is 8.12. The second kappa shape index (κ2) is 6.24. The fourth-order valence-electron chi connectivity index (χ4n) is 3.27. The first-order chi connectivity index (χ1) is 10.9. The molecule has 0 radical (unpaired) electrons. The Morgan fingerprint density at radius 3 is 2.35 bits per heavy atom. The van der Waals surface area contributed by atoms with Crippen LogP contribution < -0.4 is 4.72 Å². The lowest BCUT2D eigenvalue weighted by Gasteiger charge is -2.36. The third kappa shape index (κ3) is 3.28. The van der Waals surface area contributed by atoms with Crippen LogP contribution in [0.1, 0.15) is 43.6 Å². The van der Waals surface area contributed by atoms with Gasteiger partial charge in [0, 0.05) is 25.0 Å². The van der Waals surface area contributed by atoms with Crippen LogP contribution in [0.3, 0.4) is 0 Å². The fraction of sp³-hybridized carbons (Fsp3) is 0.733. The molecule has 0 spiro atoms. The molecule has 2 heterocycles. The van der Waals surface area contributed by atoms with Gasteiger partial charge in [-0.2, -0.15) is 0 Å². The largest absolute Gasteiger partial charge is 0.360 e. The van der Waals surface area contributed by atoms with Crippen molar-refractivity contribution in [2.45, 2.75) is 56.9 Å². The van der Waals surface area contributed by atoms with Gasteiger partial charge in [-0.1, -0.05) is 11.6 Å². The Labute approximate surface area is 136 Å². The zero-order valence-corrected chi connectivity index (χ0v) is 14.4. The van der Waals surface area contributed by atoms with Gasteiger partial charge in [0.25, 0.3) is 0 Å². The predicted octanol–water partition coefficient (Wildman–Crippen LogP) is 1.36. The molecule has 1 saturated carbocycles. The van der Waals surface area contributed by atoms with E-state index in [2.05, 4.69) is 9.88 Å². The Kier molecular flexibility index (Phi) is 4.46. The number of aromatic nitrogens is 1. The number of amides is 1. The second-order valence-electron chi connectivity index (χ2n) is 6.50. The van der Waals surface area contributed by atoms with E-state index in [4.69, 9.17) is 4.52 Å². The van der Waals surface area contributed by atoms with Gasteiger partial charge in [0.2, 0.25) is 15.9 Å². The van der Waals surface area contributed by atoms with Crippen LogP contribution >= 0.6 is 0 Å². The molecule has 1 aliphatic heterocycles. The molecule has 128 valence electrons. The van der Waals surface area contributed by atoms with E-state index in [0.717, 1.165) is 19.3 Å². The molecule has 0 bridgehead atoms. The number of nitrogens with one attached hydrogen (secondary N) is 1. The minimum Gasteiger partial charge on any atom is -0.360 e. The molecule has 1 N–H and O–H groups in total. The number of carbonyl (C=O) groups is 1. The number of carbonyl (C=O) groups excluding carboxylic acids is 1. The summed E-state index contributed by atoms with van der Waals surface area (Å²) in [5, 5.41) is 3.70. The van der Waals surface area contributed by atoms with E-state index in [1.807, 2.05) is 4.90 Å². The summed E-state index contributed by atoms with van der Waals surface area (Å²) in [6.45, 7) is 4.44. The summed E-state index contributed by atoms with van der Waals surface area (Å²) in [4.78, 5) is 14.2. The molecule has 1 aromatic rings. The summed E-state index contributed by atoms with van der Waals surface area (Å²) in [6, 6.07) is -0.154. The van der Waals surface area contributed by atoms with Crippen molar-refractivity contribution in [3.05, 3.63) is 11.5 Å². The van der Waals surface area contributed by atoms with Gasteiger partial charge in [0.1, 0.15) is 10.6 Å². The Morgan fingerprint density at radius 2 is 1.87 bits per heavy atom. The Morgan fingerprint density at radius 1 is 1.22 bits per heavy atom. The molecular formula is C15H23N3O4S. The lowest BCUT2D eigenvalue weighted by Crippen LogP contribution is -2.48. The monoisotopic (exact) mass is 341 g/mol. The van der Waals surface area contributed by atoms with Crippen molar-refractivity contribution in [3.8, 4) is 0 Å². The van der Waals surface area contributed by atoms with Crippen molar-refractivity contribution in [2.75, 3.05) is 13.1 Å². The highest BCUT2D eigenvalue weighted by atomic mass is 32.2. The highest BCUT2D eigenvalue weighted by molar-refractivity contribution is 7.89. The van der Waals surface area contributed by atoms with E-state index in [9.17, 15) is 13.2 Å². The molecule has 1 saturated heterocycles. The van der Waals surface area contributed by atoms with Crippen LogP contribution in [0.5, 0.6) is 0 Å². The normalized spacial score (nSPS) is 20.5. The first kappa shape index (κ1) is 16.4. The van der Waals surface area contributed by atoms with E-state index in [-0.39, 0.29) is 22.8 Å². The standard InChI is InChI=1S/C15H23N3O4S/c1-10-14(11(2)22-16-10)23(20,21)17-13-6-8-18(9-7-13)15(19)12-4-3-5-12/h12-13,17H,3-9H2,1-2H3.